The lowest BCUT2D eigenvalue weighted by Gasteiger charge is -2.22. The predicted molar refractivity (Wildman–Crippen MR) is 114 cm³/mol. The van der Waals surface area contributed by atoms with Gasteiger partial charge in [-0.3, -0.25) is 14.9 Å². The van der Waals surface area contributed by atoms with Crippen LogP contribution >= 0.6 is 0 Å². The summed E-state index contributed by atoms with van der Waals surface area (Å²) in [6.45, 7) is 7.20. The van der Waals surface area contributed by atoms with Gasteiger partial charge in [-0.15, -0.1) is 4.99 Å². The fourth-order valence-electron chi connectivity index (χ4n) is 2.52. The van der Waals surface area contributed by atoms with E-state index in [0.717, 1.165) is 19.3 Å². The predicted octanol–water partition coefficient (Wildman–Crippen LogP) is 4.03. The Hall–Kier alpha value is -2.12. The number of nitrogens with zero attached hydrogens (tertiary/aromatic N) is 2. The van der Waals surface area contributed by atoms with Crippen molar-refractivity contribution in [1.82, 2.24) is 10.2 Å². The molecule has 2 amide bonds. The first kappa shape index (κ1) is 26.9. The fourth-order valence-corrected chi connectivity index (χ4v) is 2.52. The Kier molecular flexibility index (Phi) is 13.7. The van der Waals surface area contributed by atoms with Gasteiger partial charge in [0.1, 0.15) is 12.1 Å². The lowest BCUT2D eigenvalue weighted by Crippen LogP contribution is -2.45. The Morgan fingerprint density at radius 2 is 1.52 bits per heavy atom. The highest BCUT2D eigenvalue weighted by atomic mass is 16.6. The van der Waals surface area contributed by atoms with Crippen molar-refractivity contribution in [3.63, 3.8) is 0 Å². The van der Waals surface area contributed by atoms with Crippen LogP contribution in [0, 0.1) is 0 Å². The lowest BCUT2D eigenvalue weighted by molar-refractivity contribution is -0.140. The smallest absolute Gasteiger partial charge is 0.437 e. The summed E-state index contributed by atoms with van der Waals surface area (Å²) in [5.74, 6) is -0.800. The van der Waals surface area contributed by atoms with E-state index in [1.165, 1.54) is 51.2 Å². The molecule has 0 aliphatic heterocycles. The zero-order valence-corrected chi connectivity index (χ0v) is 19.0. The van der Waals surface area contributed by atoms with Crippen molar-refractivity contribution in [2.45, 2.75) is 91.1 Å². The molecule has 0 rings (SSSR count). The third-order valence-electron chi connectivity index (χ3n) is 4.05. The highest BCUT2D eigenvalue weighted by Gasteiger charge is 2.20. The van der Waals surface area contributed by atoms with Gasteiger partial charge in [-0.2, -0.15) is 0 Å². The molecular weight excluding hydrogens is 374 g/mol. The summed E-state index contributed by atoms with van der Waals surface area (Å²) < 4.78 is 9.79. The number of esters is 1. The van der Waals surface area contributed by atoms with E-state index in [0.29, 0.717) is 6.42 Å². The number of amides is 2. The molecule has 0 saturated carbocycles. The molecule has 168 valence electrons. The van der Waals surface area contributed by atoms with Crippen molar-refractivity contribution in [2.75, 3.05) is 20.7 Å². The van der Waals surface area contributed by atoms with Gasteiger partial charge < -0.3 is 14.4 Å². The number of carbonyl (C=O) groups excluding carboxylic acids is 3. The zero-order chi connectivity index (χ0) is 22.3. The number of carbonyl (C=O) groups is 3. The number of aliphatic imine (C=N–C) groups is 1. The van der Waals surface area contributed by atoms with Gasteiger partial charge in [0.25, 0.3) is 0 Å². The van der Waals surface area contributed by atoms with Gasteiger partial charge in [-0.05, 0) is 27.2 Å². The molecular formula is C21H39N3O5. The molecule has 0 aromatic carbocycles. The van der Waals surface area contributed by atoms with Crippen molar-refractivity contribution in [2.24, 2.45) is 4.99 Å². The topological polar surface area (TPSA) is 97.3 Å². The van der Waals surface area contributed by atoms with Crippen LogP contribution in [-0.2, 0) is 19.1 Å². The Balaban J connectivity index is 4.63. The number of rotatable bonds is 11. The minimum atomic E-state index is -0.836. The number of ether oxygens (including phenoxy) is 2. The largest absolute Gasteiger partial charge is 0.468 e. The van der Waals surface area contributed by atoms with Gasteiger partial charge >= 0.3 is 12.1 Å². The standard InChI is InChI=1S/C21H39N3O5/c1-7-8-9-10-11-12-13-14-15-17(25)22-19(24(5)16-18(26)28-6)23-20(27)29-21(2,3)4/h7-16H2,1-6H3,(H,22,23,25,27). The van der Waals surface area contributed by atoms with Crippen LogP contribution in [0.25, 0.3) is 0 Å². The van der Waals surface area contributed by atoms with Crippen LogP contribution in [0.4, 0.5) is 4.79 Å². The second-order valence-corrected chi connectivity index (χ2v) is 8.12. The summed E-state index contributed by atoms with van der Waals surface area (Å²) in [5, 5.41) is 2.61. The summed E-state index contributed by atoms with van der Waals surface area (Å²) in [5.41, 5.74) is -0.715. The second-order valence-electron chi connectivity index (χ2n) is 8.12. The van der Waals surface area contributed by atoms with Gasteiger partial charge in [-0.1, -0.05) is 51.9 Å². The molecule has 0 bridgehead atoms. The summed E-state index contributed by atoms with van der Waals surface area (Å²) in [6, 6.07) is 0. The van der Waals surface area contributed by atoms with Crippen LogP contribution in [0.3, 0.4) is 0 Å². The van der Waals surface area contributed by atoms with Crippen LogP contribution in [0.5, 0.6) is 0 Å². The van der Waals surface area contributed by atoms with E-state index < -0.39 is 17.7 Å². The van der Waals surface area contributed by atoms with Crippen LogP contribution in [0.1, 0.15) is 85.5 Å². The van der Waals surface area contributed by atoms with E-state index in [1.54, 1.807) is 20.8 Å². The van der Waals surface area contributed by atoms with Gasteiger partial charge in [0.2, 0.25) is 11.9 Å². The molecule has 8 nitrogen and oxygen atoms in total. The third kappa shape index (κ3) is 15.5. The first-order valence-electron chi connectivity index (χ1n) is 10.5. The van der Waals surface area contributed by atoms with E-state index in [1.807, 2.05) is 0 Å². The SMILES string of the molecule is CCCCCCCCCCC(=O)N/C(=N/C(=O)OC(C)(C)C)N(C)CC(=O)OC. The molecule has 0 atom stereocenters. The number of methoxy groups -OCH3 is 1. The van der Waals surface area contributed by atoms with Crippen molar-refractivity contribution in [1.29, 1.82) is 0 Å². The van der Waals surface area contributed by atoms with Crippen molar-refractivity contribution in [3.05, 3.63) is 0 Å². The molecule has 0 fully saturated rings. The van der Waals surface area contributed by atoms with Gasteiger partial charge in [0, 0.05) is 13.5 Å². The lowest BCUT2D eigenvalue weighted by atomic mass is 10.1. The maximum Gasteiger partial charge on any atom is 0.437 e. The number of nitrogens with one attached hydrogen (secondary N) is 1. The van der Waals surface area contributed by atoms with Crippen molar-refractivity contribution in [3.8, 4) is 0 Å². The zero-order valence-electron chi connectivity index (χ0n) is 19.0. The molecule has 0 aliphatic carbocycles. The van der Waals surface area contributed by atoms with Gasteiger partial charge in [-0.25, -0.2) is 4.79 Å². The first-order chi connectivity index (χ1) is 13.6. The van der Waals surface area contributed by atoms with Crippen LogP contribution in [0.15, 0.2) is 4.99 Å². The van der Waals surface area contributed by atoms with E-state index >= 15 is 0 Å². The minimum absolute atomic E-state index is 0.0331. The van der Waals surface area contributed by atoms with Gasteiger partial charge in [0.15, 0.2) is 0 Å². The van der Waals surface area contributed by atoms with E-state index in [9.17, 15) is 14.4 Å². The van der Waals surface area contributed by atoms with Crippen molar-refractivity contribution >= 4 is 23.9 Å². The fraction of sp³-hybridized carbons (Fsp3) is 0.810. The summed E-state index contributed by atoms with van der Waals surface area (Å²) in [7, 11) is 2.80. The molecule has 0 heterocycles. The normalized spacial score (nSPS) is 11.7. The molecule has 0 unspecified atom stereocenters. The molecule has 0 saturated heterocycles. The highest BCUT2D eigenvalue weighted by Crippen LogP contribution is 2.10. The Morgan fingerprint density at radius 1 is 0.966 bits per heavy atom. The minimum Gasteiger partial charge on any atom is -0.468 e. The molecule has 0 aromatic rings. The maximum absolute atomic E-state index is 12.3. The van der Waals surface area contributed by atoms with Crippen LogP contribution < -0.4 is 5.32 Å². The summed E-state index contributed by atoms with van der Waals surface area (Å²) >= 11 is 0. The third-order valence-corrected chi connectivity index (χ3v) is 4.05. The Bertz CT molecular complexity index is 541. The Morgan fingerprint density at radius 3 is 2.03 bits per heavy atom. The second kappa shape index (κ2) is 14.8. The average molecular weight is 414 g/mol. The van der Waals surface area contributed by atoms with Crippen LogP contribution in [-0.4, -0.2) is 55.1 Å². The number of guanidine groups is 1. The molecule has 0 aliphatic rings. The quantitative estimate of drug-likeness (QED) is 0.238. The molecule has 0 aromatic heterocycles. The van der Waals surface area contributed by atoms with E-state index in [-0.39, 0.29) is 18.4 Å². The molecule has 0 spiro atoms. The number of hydrogen-bond acceptors (Lipinski definition) is 5. The van der Waals surface area contributed by atoms with E-state index in [2.05, 4.69) is 22.0 Å². The Labute approximate surface area is 175 Å². The highest BCUT2D eigenvalue weighted by molar-refractivity contribution is 6.01. The van der Waals surface area contributed by atoms with E-state index in [4.69, 9.17) is 4.74 Å². The number of unbranched alkanes of at least 4 members (excludes halogenated alkanes) is 7. The first-order valence-corrected chi connectivity index (χ1v) is 10.5. The number of likely N-dealkylation sites (N-methyl/N-ethyl adjacent to an activating group) is 1. The molecule has 8 heteroatoms. The summed E-state index contributed by atoms with van der Waals surface area (Å²) in [6.07, 6.45) is 8.56. The molecule has 1 N–H and O–H groups in total. The molecule has 0 radical (unpaired) electrons. The number of hydrogen-bond donors (Lipinski definition) is 1. The summed E-state index contributed by atoms with van der Waals surface area (Å²) in [4.78, 5) is 41.0. The average Bonchev–Trinajstić information content (AvgIpc) is 2.61. The monoisotopic (exact) mass is 413 g/mol. The molecule has 29 heavy (non-hydrogen) atoms. The van der Waals surface area contributed by atoms with Gasteiger partial charge in [0.05, 0.1) is 7.11 Å². The van der Waals surface area contributed by atoms with Crippen LogP contribution in [0.2, 0.25) is 0 Å². The van der Waals surface area contributed by atoms with Crippen molar-refractivity contribution < 1.29 is 23.9 Å². The maximum atomic E-state index is 12.3.